The van der Waals surface area contributed by atoms with Gasteiger partial charge in [0.15, 0.2) is 11.6 Å². The molecule has 0 aliphatic carbocycles. The molecule has 1 saturated heterocycles. The number of rotatable bonds is 4. The van der Waals surface area contributed by atoms with Gasteiger partial charge in [-0.25, -0.2) is 14.4 Å². The third kappa shape index (κ3) is 2.87. The lowest BCUT2D eigenvalue weighted by Crippen LogP contribution is -2.43. The van der Waals surface area contributed by atoms with Crippen LogP contribution in [0.2, 0.25) is 0 Å². The molecule has 110 valence electrons. The summed E-state index contributed by atoms with van der Waals surface area (Å²) in [7, 11) is 0. The molecule has 1 fully saturated rings. The highest BCUT2D eigenvalue weighted by atomic mass is 19.1. The van der Waals surface area contributed by atoms with E-state index in [1.165, 1.54) is 6.33 Å². The molecule has 1 amide bonds. The summed E-state index contributed by atoms with van der Waals surface area (Å²) < 4.78 is 14.2. The van der Waals surface area contributed by atoms with Gasteiger partial charge >= 0.3 is 0 Å². The Balaban J connectivity index is 2.06. The van der Waals surface area contributed by atoms with Gasteiger partial charge in [-0.2, -0.15) is 0 Å². The number of hydrogen-bond donors (Lipinski definition) is 2. The van der Waals surface area contributed by atoms with Gasteiger partial charge in [0.05, 0.1) is 5.69 Å². The minimum Gasteiger partial charge on any atom is -0.383 e. The Hall–Kier alpha value is -1.76. The number of primary amides is 1. The van der Waals surface area contributed by atoms with E-state index in [1.54, 1.807) is 0 Å². The number of carbonyl (C=O) groups is 1. The molecule has 1 atom stereocenters. The van der Waals surface area contributed by atoms with E-state index in [1.807, 2.05) is 11.8 Å². The lowest BCUT2D eigenvalue weighted by atomic mass is 9.91. The first-order valence-corrected chi connectivity index (χ1v) is 6.76. The highest BCUT2D eigenvalue weighted by molar-refractivity contribution is 5.78. The van der Waals surface area contributed by atoms with Crippen LogP contribution in [-0.4, -0.2) is 40.2 Å². The molecule has 1 aromatic rings. The second-order valence-corrected chi connectivity index (χ2v) is 4.98. The van der Waals surface area contributed by atoms with E-state index in [0.717, 1.165) is 0 Å². The number of aryl methyl sites for hydroxylation is 1. The minimum atomic E-state index is -1.13. The SMILES string of the molecule is CCc1ncnc(N2CCC(C(O)C(N)=O)CC2)c1F. The van der Waals surface area contributed by atoms with E-state index in [2.05, 4.69) is 9.97 Å². The maximum absolute atomic E-state index is 14.2. The van der Waals surface area contributed by atoms with Crippen LogP contribution in [0.25, 0.3) is 0 Å². The average molecular weight is 282 g/mol. The third-order valence-corrected chi connectivity index (χ3v) is 3.76. The highest BCUT2D eigenvalue weighted by Crippen LogP contribution is 2.26. The van der Waals surface area contributed by atoms with Crippen molar-refractivity contribution < 1.29 is 14.3 Å². The molecule has 20 heavy (non-hydrogen) atoms. The van der Waals surface area contributed by atoms with Gasteiger partial charge in [0.25, 0.3) is 0 Å². The Morgan fingerprint density at radius 3 is 2.75 bits per heavy atom. The zero-order valence-electron chi connectivity index (χ0n) is 11.4. The Morgan fingerprint density at radius 1 is 1.55 bits per heavy atom. The number of piperidine rings is 1. The number of aromatic nitrogens is 2. The average Bonchev–Trinajstić information content (AvgIpc) is 2.47. The van der Waals surface area contributed by atoms with Gasteiger partial charge < -0.3 is 15.7 Å². The van der Waals surface area contributed by atoms with Gasteiger partial charge in [0.2, 0.25) is 5.91 Å². The standard InChI is InChI=1S/C13H19FN4O2/c1-2-9-10(14)13(17-7-16-9)18-5-3-8(4-6-18)11(19)12(15)20/h7-8,11,19H,2-6H2,1H3,(H2,15,20). The molecule has 0 bridgehead atoms. The molecule has 1 unspecified atom stereocenters. The number of aliphatic hydroxyl groups is 1. The van der Waals surface area contributed by atoms with Gasteiger partial charge in [0.1, 0.15) is 12.4 Å². The Labute approximate surface area is 116 Å². The largest absolute Gasteiger partial charge is 0.383 e. The number of halogens is 1. The third-order valence-electron chi connectivity index (χ3n) is 3.76. The summed E-state index contributed by atoms with van der Waals surface area (Å²) in [5, 5.41) is 9.65. The molecule has 0 radical (unpaired) electrons. The van der Waals surface area contributed by atoms with Crippen molar-refractivity contribution in [1.82, 2.24) is 9.97 Å². The molecule has 7 heteroatoms. The van der Waals surface area contributed by atoms with Crippen molar-refractivity contribution in [2.24, 2.45) is 11.7 Å². The number of anilines is 1. The van der Waals surface area contributed by atoms with Crippen molar-refractivity contribution >= 4 is 11.7 Å². The molecule has 1 aliphatic rings. The van der Waals surface area contributed by atoms with E-state index in [0.29, 0.717) is 43.9 Å². The summed E-state index contributed by atoms with van der Waals surface area (Å²) in [6.07, 6.45) is 1.91. The molecule has 1 aromatic heterocycles. The maximum atomic E-state index is 14.2. The van der Waals surface area contributed by atoms with Gasteiger partial charge in [-0.1, -0.05) is 6.92 Å². The number of carbonyl (C=O) groups excluding carboxylic acids is 1. The molecule has 0 saturated carbocycles. The fraction of sp³-hybridized carbons (Fsp3) is 0.615. The summed E-state index contributed by atoms with van der Waals surface area (Å²) >= 11 is 0. The Bertz CT molecular complexity index is 489. The van der Waals surface area contributed by atoms with Gasteiger partial charge in [-0.3, -0.25) is 4.79 Å². The monoisotopic (exact) mass is 282 g/mol. The number of nitrogens with two attached hydrogens (primary N) is 1. The Kier molecular flexibility index (Phi) is 4.49. The second kappa shape index (κ2) is 6.13. The summed E-state index contributed by atoms with van der Waals surface area (Å²) in [6.45, 7) is 2.91. The van der Waals surface area contributed by atoms with Crippen LogP contribution in [0, 0.1) is 11.7 Å². The van der Waals surface area contributed by atoms with Crippen LogP contribution >= 0.6 is 0 Å². The zero-order valence-corrected chi connectivity index (χ0v) is 11.4. The first-order valence-electron chi connectivity index (χ1n) is 6.76. The lowest BCUT2D eigenvalue weighted by molar-refractivity contribution is -0.129. The van der Waals surface area contributed by atoms with Crippen LogP contribution in [0.15, 0.2) is 6.33 Å². The molecular weight excluding hydrogens is 263 g/mol. The predicted molar refractivity (Wildman–Crippen MR) is 71.5 cm³/mol. The zero-order chi connectivity index (χ0) is 14.7. The van der Waals surface area contributed by atoms with Crippen molar-refractivity contribution in [3.05, 3.63) is 17.8 Å². The lowest BCUT2D eigenvalue weighted by Gasteiger charge is -2.34. The molecule has 0 spiro atoms. The summed E-state index contributed by atoms with van der Waals surface area (Å²) in [5.41, 5.74) is 5.49. The number of nitrogens with zero attached hydrogens (tertiary/aromatic N) is 3. The maximum Gasteiger partial charge on any atom is 0.246 e. The van der Waals surface area contributed by atoms with E-state index in [9.17, 15) is 14.3 Å². The molecule has 0 aromatic carbocycles. The van der Waals surface area contributed by atoms with Crippen molar-refractivity contribution in [3.8, 4) is 0 Å². The van der Waals surface area contributed by atoms with E-state index < -0.39 is 12.0 Å². The fourth-order valence-electron chi connectivity index (χ4n) is 2.52. The summed E-state index contributed by atoms with van der Waals surface area (Å²) in [5.74, 6) is -0.961. The first-order chi connectivity index (χ1) is 9.54. The van der Waals surface area contributed by atoms with Crippen molar-refractivity contribution in [3.63, 3.8) is 0 Å². The van der Waals surface area contributed by atoms with Crippen molar-refractivity contribution in [2.75, 3.05) is 18.0 Å². The summed E-state index contributed by atoms with van der Waals surface area (Å²) in [6, 6.07) is 0. The fourth-order valence-corrected chi connectivity index (χ4v) is 2.52. The number of aliphatic hydroxyl groups excluding tert-OH is 1. The molecule has 2 rings (SSSR count). The first kappa shape index (κ1) is 14.6. The predicted octanol–water partition coefficient (Wildman–Crippen LogP) is 0.241. The molecule has 1 aliphatic heterocycles. The van der Waals surface area contributed by atoms with Crippen LogP contribution in [-0.2, 0) is 11.2 Å². The molecule has 2 heterocycles. The molecule has 6 nitrogen and oxygen atoms in total. The van der Waals surface area contributed by atoms with Gasteiger partial charge in [-0.15, -0.1) is 0 Å². The van der Waals surface area contributed by atoms with Gasteiger partial charge in [-0.05, 0) is 25.2 Å². The van der Waals surface area contributed by atoms with E-state index in [4.69, 9.17) is 5.73 Å². The van der Waals surface area contributed by atoms with Crippen LogP contribution in [0.3, 0.4) is 0 Å². The van der Waals surface area contributed by atoms with Crippen molar-refractivity contribution in [1.29, 1.82) is 0 Å². The highest BCUT2D eigenvalue weighted by Gasteiger charge is 2.30. The van der Waals surface area contributed by atoms with Crippen LogP contribution < -0.4 is 10.6 Å². The van der Waals surface area contributed by atoms with Crippen LogP contribution in [0.5, 0.6) is 0 Å². The summed E-state index contributed by atoms with van der Waals surface area (Å²) in [4.78, 5) is 20.7. The second-order valence-electron chi connectivity index (χ2n) is 4.98. The number of amides is 1. The van der Waals surface area contributed by atoms with E-state index in [-0.39, 0.29) is 11.7 Å². The molecular formula is C13H19FN4O2. The normalized spacial score (nSPS) is 18.1. The van der Waals surface area contributed by atoms with Crippen LogP contribution in [0.4, 0.5) is 10.2 Å². The quantitative estimate of drug-likeness (QED) is 0.825. The van der Waals surface area contributed by atoms with Crippen molar-refractivity contribution in [2.45, 2.75) is 32.3 Å². The minimum absolute atomic E-state index is 0.167. The van der Waals surface area contributed by atoms with Crippen LogP contribution in [0.1, 0.15) is 25.5 Å². The topological polar surface area (TPSA) is 92.3 Å². The Morgan fingerprint density at radius 2 is 2.20 bits per heavy atom. The van der Waals surface area contributed by atoms with E-state index >= 15 is 0 Å². The van der Waals surface area contributed by atoms with Gasteiger partial charge in [0, 0.05) is 13.1 Å². The number of hydrogen-bond acceptors (Lipinski definition) is 5. The smallest absolute Gasteiger partial charge is 0.246 e. The molecule has 3 N–H and O–H groups in total.